The predicted octanol–water partition coefficient (Wildman–Crippen LogP) is 2.93. The Bertz CT molecular complexity index is 1130. The first-order valence-corrected chi connectivity index (χ1v) is 11.1. The van der Waals surface area contributed by atoms with E-state index in [0.29, 0.717) is 49.5 Å². The smallest absolute Gasteiger partial charge is 0.243 e. The van der Waals surface area contributed by atoms with Crippen molar-refractivity contribution in [1.82, 2.24) is 14.3 Å². The van der Waals surface area contributed by atoms with Gasteiger partial charge < -0.3 is 14.4 Å². The lowest BCUT2D eigenvalue weighted by Gasteiger charge is -2.34. The first-order chi connectivity index (χ1) is 15.0. The fraction of sp³-hybridized carbons (Fsp3) is 0.238. The molecule has 0 saturated carbocycles. The summed E-state index contributed by atoms with van der Waals surface area (Å²) in [4.78, 5) is 10.8. The molecule has 0 unspecified atom stereocenters. The van der Waals surface area contributed by atoms with Crippen molar-refractivity contribution in [2.24, 2.45) is 0 Å². The van der Waals surface area contributed by atoms with Gasteiger partial charge in [0.2, 0.25) is 21.9 Å². The number of ether oxygens (including phenoxy) is 2. The molecule has 31 heavy (non-hydrogen) atoms. The van der Waals surface area contributed by atoms with Crippen molar-refractivity contribution in [3.05, 3.63) is 66.6 Å². The van der Waals surface area contributed by atoms with Crippen LogP contribution in [0.5, 0.6) is 17.4 Å². The van der Waals surface area contributed by atoms with Crippen LogP contribution in [0.4, 0.5) is 10.3 Å². The van der Waals surface area contributed by atoms with Crippen LogP contribution in [-0.4, -0.2) is 56.0 Å². The van der Waals surface area contributed by atoms with Crippen LogP contribution in [0.25, 0.3) is 0 Å². The van der Waals surface area contributed by atoms with Gasteiger partial charge in [0, 0.05) is 38.4 Å². The molecule has 2 heterocycles. The van der Waals surface area contributed by atoms with Crippen molar-refractivity contribution >= 4 is 16.0 Å². The Labute approximate surface area is 179 Å². The molecule has 1 aromatic heterocycles. The highest BCUT2D eigenvalue weighted by Gasteiger charge is 2.29. The number of anilines is 1. The van der Waals surface area contributed by atoms with Gasteiger partial charge in [-0.2, -0.15) is 9.29 Å². The molecule has 1 saturated heterocycles. The van der Waals surface area contributed by atoms with E-state index in [1.54, 1.807) is 36.5 Å². The Morgan fingerprint density at radius 1 is 0.903 bits per heavy atom. The average Bonchev–Trinajstić information content (AvgIpc) is 2.81. The summed E-state index contributed by atoms with van der Waals surface area (Å²) in [5.74, 6) is 1.48. The number of nitrogens with zero attached hydrogens (tertiary/aromatic N) is 4. The Kier molecular flexibility index (Phi) is 6.01. The molecule has 8 nitrogen and oxygen atoms in total. The van der Waals surface area contributed by atoms with Gasteiger partial charge in [0.25, 0.3) is 0 Å². The standard InChI is InChI=1S/C21H21FN4O4S/c1-29-17-6-8-19(9-7-17)31(27,28)26-14-12-25(13-15-26)21-23-11-10-20(24-21)30-18-4-2-16(22)3-5-18/h2-11H,12-15H2,1H3. The van der Waals surface area contributed by atoms with E-state index in [0.717, 1.165) is 0 Å². The van der Waals surface area contributed by atoms with Crippen LogP contribution in [0.2, 0.25) is 0 Å². The monoisotopic (exact) mass is 444 g/mol. The lowest BCUT2D eigenvalue weighted by atomic mass is 10.3. The highest BCUT2D eigenvalue weighted by atomic mass is 32.2. The zero-order valence-electron chi connectivity index (χ0n) is 16.8. The summed E-state index contributed by atoms with van der Waals surface area (Å²) in [6, 6.07) is 13.6. The van der Waals surface area contributed by atoms with Crippen molar-refractivity contribution in [3.8, 4) is 17.4 Å². The third kappa shape index (κ3) is 4.75. The average molecular weight is 444 g/mol. The third-order valence-corrected chi connectivity index (χ3v) is 6.78. The summed E-state index contributed by atoms with van der Waals surface area (Å²) in [7, 11) is -2.06. The SMILES string of the molecule is COc1ccc(S(=O)(=O)N2CCN(c3nccc(Oc4ccc(F)cc4)n3)CC2)cc1. The Balaban J connectivity index is 1.42. The molecule has 0 bridgehead atoms. The number of hydrogen-bond acceptors (Lipinski definition) is 7. The summed E-state index contributed by atoms with van der Waals surface area (Å²) in [6.45, 7) is 1.49. The Hall–Kier alpha value is -3.24. The lowest BCUT2D eigenvalue weighted by molar-refractivity contribution is 0.381. The van der Waals surface area contributed by atoms with Gasteiger partial charge >= 0.3 is 0 Å². The van der Waals surface area contributed by atoms with Crippen LogP contribution in [0.1, 0.15) is 0 Å². The molecule has 0 spiro atoms. The van der Waals surface area contributed by atoms with Gasteiger partial charge in [-0.3, -0.25) is 0 Å². The third-order valence-electron chi connectivity index (χ3n) is 4.87. The number of aromatic nitrogens is 2. The van der Waals surface area contributed by atoms with Crippen LogP contribution < -0.4 is 14.4 Å². The van der Waals surface area contributed by atoms with E-state index in [4.69, 9.17) is 9.47 Å². The minimum Gasteiger partial charge on any atom is -0.497 e. The van der Waals surface area contributed by atoms with E-state index in [2.05, 4.69) is 9.97 Å². The number of halogens is 1. The highest BCUT2D eigenvalue weighted by molar-refractivity contribution is 7.89. The molecule has 1 fully saturated rings. The van der Waals surface area contributed by atoms with E-state index < -0.39 is 10.0 Å². The maximum Gasteiger partial charge on any atom is 0.243 e. The molecular formula is C21H21FN4O4S. The molecule has 2 aromatic carbocycles. The molecule has 0 aliphatic carbocycles. The van der Waals surface area contributed by atoms with Gasteiger partial charge in [-0.15, -0.1) is 0 Å². The summed E-state index contributed by atoms with van der Waals surface area (Å²) in [5.41, 5.74) is 0. The summed E-state index contributed by atoms with van der Waals surface area (Å²) >= 11 is 0. The lowest BCUT2D eigenvalue weighted by Crippen LogP contribution is -2.49. The first kappa shape index (κ1) is 21.0. The molecule has 4 rings (SSSR count). The molecule has 3 aromatic rings. The van der Waals surface area contributed by atoms with Crippen LogP contribution in [0.15, 0.2) is 65.7 Å². The zero-order chi connectivity index (χ0) is 21.8. The number of benzene rings is 2. The second-order valence-electron chi connectivity index (χ2n) is 6.82. The number of methoxy groups -OCH3 is 1. The highest BCUT2D eigenvalue weighted by Crippen LogP contribution is 2.24. The van der Waals surface area contributed by atoms with Crippen LogP contribution in [0, 0.1) is 5.82 Å². The fourth-order valence-corrected chi connectivity index (χ4v) is 4.61. The maximum atomic E-state index is 13.1. The largest absolute Gasteiger partial charge is 0.497 e. The van der Waals surface area contributed by atoms with Gasteiger partial charge in [-0.05, 0) is 48.5 Å². The van der Waals surface area contributed by atoms with Gasteiger partial charge in [0.1, 0.15) is 17.3 Å². The molecule has 0 amide bonds. The molecular weight excluding hydrogens is 423 g/mol. The maximum absolute atomic E-state index is 13.1. The van der Waals surface area contributed by atoms with Gasteiger partial charge in [0.05, 0.1) is 12.0 Å². The zero-order valence-corrected chi connectivity index (χ0v) is 17.6. The van der Waals surface area contributed by atoms with Crippen molar-refractivity contribution in [2.75, 3.05) is 38.2 Å². The topological polar surface area (TPSA) is 84.9 Å². The summed E-state index contributed by atoms with van der Waals surface area (Å²) < 4.78 is 51.0. The second kappa shape index (κ2) is 8.86. The molecule has 1 aliphatic heterocycles. The Morgan fingerprint density at radius 2 is 1.55 bits per heavy atom. The van der Waals surface area contributed by atoms with Crippen molar-refractivity contribution in [1.29, 1.82) is 0 Å². The van der Waals surface area contributed by atoms with Crippen LogP contribution in [-0.2, 0) is 10.0 Å². The van der Waals surface area contributed by atoms with Crippen molar-refractivity contribution < 1.29 is 22.3 Å². The molecule has 0 N–H and O–H groups in total. The van der Waals surface area contributed by atoms with Gasteiger partial charge in [-0.25, -0.2) is 17.8 Å². The summed E-state index contributed by atoms with van der Waals surface area (Å²) in [6.07, 6.45) is 1.57. The minimum absolute atomic E-state index is 0.229. The second-order valence-corrected chi connectivity index (χ2v) is 8.76. The van der Waals surface area contributed by atoms with E-state index in [1.807, 2.05) is 4.90 Å². The van der Waals surface area contributed by atoms with Crippen molar-refractivity contribution in [2.45, 2.75) is 4.90 Å². The van der Waals surface area contributed by atoms with E-state index in [9.17, 15) is 12.8 Å². The van der Waals surface area contributed by atoms with Gasteiger partial charge in [-0.1, -0.05) is 0 Å². The molecule has 0 radical (unpaired) electrons. The molecule has 0 atom stereocenters. The van der Waals surface area contributed by atoms with Crippen LogP contribution in [0.3, 0.4) is 0 Å². The molecule has 1 aliphatic rings. The minimum atomic E-state index is -3.59. The van der Waals surface area contributed by atoms with Gasteiger partial charge in [0.15, 0.2) is 0 Å². The summed E-state index contributed by atoms with van der Waals surface area (Å²) in [5, 5.41) is 0. The molecule has 162 valence electrons. The first-order valence-electron chi connectivity index (χ1n) is 9.61. The number of rotatable bonds is 6. The van der Waals surface area contributed by atoms with E-state index >= 15 is 0 Å². The molecule has 10 heteroatoms. The Morgan fingerprint density at radius 3 is 2.19 bits per heavy atom. The van der Waals surface area contributed by atoms with E-state index in [1.165, 1.54) is 35.7 Å². The quantitative estimate of drug-likeness (QED) is 0.578. The number of sulfonamides is 1. The van der Waals surface area contributed by atoms with Crippen LogP contribution >= 0.6 is 0 Å². The van der Waals surface area contributed by atoms with Crippen molar-refractivity contribution in [3.63, 3.8) is 0 Å². The number of hydrogen-bond donors (Lipinski definition) is 0. The number of piperazine rings is 1. The fourth-order valence-electron chi connectivity index (χ4n) is 3.19. The normalized spacial score (nSPS) is 15.0. The van der Waals surface area contributed by atoms with E-state index in [-0.39, 0.29) is 10.7 Å². The predicted molar refractivity (Wildman–Crippen MR) is 112 cm³/mol.